The van der Waals surface area contributed by atoms with E-state index in [0.29, 0.717) is 17.1 Å². The zero-order valence-corrected chi connectivity index (χ0v) is 11.1. The second kappa shape index (κ2) is 5.37. The lowest BCUT2D eigenvalue weighted by Crippen LogP contribution is -2.28. The van der Waals surface area contributed by atoms with Crippen LogP contribution < -0.4 is 10.6 Å². The fraction of sp³-hybridized carbons (Fsp3) is 0.0909. The summed E-state index contributed by atoms with van der Waals surface area (Å²) in [5, 5.41) is 5.29. The fourth-order valence-corrected chi connectivity index (χ4v) is 2.40. The van der Waals surface area contributed by atoms with Crippen LogP contribution in [-0.4, -0.2) is 16.9 Å². The molecule has 88 valence electrons. The molecule has 0 atom stereocenters. The maximum Gasteiger partial charge on any atom is 0.323 e. The van der Waals surface area contributed by atoms with Gasteiger partial charge >= 0.3 is 6.03 Å². The van der Waals surface area contributed by atoms with Crippen molar-refractivity contribution in [1.29, 1.82) is 0 Å². The molecule has 0 spiro atoms. The molecule has 0 radical (unpaired) electrons. The van der Waals surface area contributed by atoms with E-state index in [0.717, 1.165) is 4.47 Å². The molecule has 6 heteroatoms. The molecule has 0 aromatic heterocycles. The first-order valence-electron chi connectivity index (χ1n) is 4.84. The molecule has 1 aliphatic rings. The lowest BCUT2D eigenvalue weighted by Gasteiger charge is -2.07. The Balaban J connectivity index is 1.94. The van der Waals surface area contributed by atoms with Gasteiger partial charge in [0.2, 0.25) is 5.12 Å². The Hall–Kier alpha value is -1.27. The molecule has 1 aromatic rings. The van der Waals surface area contributed by atoms with Gasteiger partial charge in [0.05, 0.1) is 0 Å². The zero-order chi connectivity index (χ0) is 12.3. The molecule has 1 aliphatic heterocycles. The zero-order valence-electron chi connectivity index (χ0n) is 8.70. The number of hydrogen-bond acceptors (Lipinski definition) is 3. The van der Waals surface area contributed by atoms with Gasteiger partial charge in [0.15, 0.2) is 0 Å². The van der Waals surface area contributed by atoms with E-state index in [9.17, 15) is 9.59 Å². The number of rotatable bonds is 2. The summed E-state index contributed by atoms with van der Waals surface area (Å²) in [5.74, 6) is 0.519. The van der Waals surface area contributed by atoms with Gasteiger partial charge in [0.25, 0.3) is 0 Å². The average molecular weight is 313 g/mol. The Bertz CT molecular complexity index is 502. The van der Waals surface area contributed by atoms with Crippen LogP contribution >= 0.6 is 27.7 Å². The van der Waals surface area contributed by atoms with Gasteiger partial charge in [-0.05, 0) is 18.2 Å². The molecule has 1 heterocycles. The van der Waals surface area contributed by atoms with E-state index in [2.05, 4.69) is 26.6 Å². The third kappa shape index (κ3) is 3.61. The summed E-state index contributed by atoms with van der Waals surface area (Å²) < 4.78 is 0.890. The van der Waals surface area contributed by atoms with Crippen molar-refractivity contribution in [3.8, 4) is 0 Å². The Morgan fingerprint density at radius 1 is 1.35 bits per heavy atom. The minimum atomic E-state index is -0.343. The smallest absolute Gasteiger partial charge is 0.310 e. The van der Waals surface area contributed by atoms with Gasteiger partial charge in [-0.2, -0.15) is 0 Å². The number of carbonyl (C=O) groups excluding carboxylic acids is 2. The molecule has 0 fully saturated rings. The highest BCUT2D eigenvalue weighted by Gasteiger charge is 2.14. The second-order valence-electron chi connectivity index (χ2n) is 3.37. The summed E-state index contributed by atoms with van der Waals surface area (Å²) in [6, 6.07) is 6.94. The van der Waals surface area contributed by atoms with Crippen LogP contribution in [0, 0.1) is 0 Å². The van der Waals surface area contributed by atoms with Crippen LogP contribution in [0.1, 0.15) is 0 Å². The number of halogens is 1. The quantitative estimate of drug-likeness (QED) is 0.882. The summed E-state index contributed by atoms with van der Waals surface area (Å²) in [7, 11) is 0. The van der Waals surface area contributed by atoms with Crippen LogP contribution in [0.15, 0.2) is 40.5 Å². The minimum absolute atomic E-state index is 0.0252. The molecule has 2 N–H and O–H groups in total. The molecule has 0 saturated carbocycles. The number of carbonyl (C=O) groups is 2. The molecule has 2 amide bonds. The third-order valence-electron chi connectivity index (χ3n) is 2.02. The van der Waals surface area contributed by atoms with Crippen LogP contribution in [0.4, 0.5) is 10.5 Å². The Morgan fingerprint density at radius 3 is 2.82 bits per heavy atom. The van der Waals surface area contributed by atoms with E-state index >= 15 is 0 Å². The number of anilines is 1. The van der Waals surface area contributed by atoms with Crippen LogP contribution in [0.5, 0.6) is 0 Å². The average Bonchev–Trinajstić information content (AvgIpc) is 2.63. The standard InChI is InChI=1S/C11H9BrN2O2S/c12-7-2-1-3-8(4-7)13-11(16)14-9-5-10(15)17-6-9/h1-5H,6H2,(H2,13,14,16). The molecule has 0 aliphatic carbocycles. The maximum atomic E-state index is 11.6. The molecule has 2 rings (SSSR count). The summed E-state index contributed by atoms with van der Waals surface area (Å²) in [6.45, 7) is 0. The lowest BCUT2D eigenvalue weighted by atomic mass is 10.3. The first kappa shape index (κ1) is 12.2. The van der Waals surface area contributed by atoms with Crippen molar-refractivity contribution in [1.82, 2.24) is 5.32 Å². The van der Waals surface area contributed by atoms with E-state index in [1.54, 1.807) is 12.1 Å². The predicted octanol–water partition coefficient (Wildman–Crippen LogP) is 2.73. The minimum Gasteiger partial charge on any atom is -0.310 e. The molecular weight excluding hydrogens is 304 g/mol. The van der Waals surface area contributed by atoms with Gasteiger partial charge in [-0.15, -0.1) is 0 Å². The molecule has 1 aromatic carbocycles. The number of urea groups is 1. The maximum absolute atomic E-state index is 11.6. The van der Waals surface area contributed by atoms with Gasteiger partial charge in [-0.25, -0.2) is 4.79 Å². The molecule has 0 bridgehead atoms. The van der Waals surface area contributed by atoms with Crippen LogP contribution in [0.25, 0.3) is 0 Å². The first-order valence-corrected chi connectivity index (χ1v) is 6.62. The highest BCUT2D eigenvalue weighted by molar-refractivity contribution is 9.10. The van der Waals surface area contributed by atoms with Crippen molar-refractivity contribution >= 4 is 44.5 Å². The molecule has 0 saturated heterocycles. The van der Waals surface area contributed by atoms with Crippen molar-refractivity contribution in [2.24, 2.45) is 0 Å². The van der Waals surface area contributed by atoms with Gasteiger partial charge in [-0.3, -0.25) is 4.79 Å². The largest absolute Gasteiger partial charge is 0.323 e. The van der Waals surface area contributed by atoms with Crippen molar-refractivity contribution < 1.29 is 9.59 Å². The number of thioether (sulfide) groups is 1. The topological polar surface area (TPSA) is 58.2 Å². The van der Waals surface area contributed by atoms with E-state index < -0.39 is 0 Å². The van der Waals surface area contributed by atoms with Crippen molar-refractivity contribution in [2.45, 2.75) is 0 Å². The molecule has 4 nitrogen and oxygen atoms in total. The van der Waals surface area contributed by atoms with E-state index in [4.69, 9.17) is 0 Å². The SMILES string of the molecule is O=C(NC1=CC(=O)SC1)Nc1cccc(Br)c1. The predicted molar refractivity (Wildman–Crippen MR) is 71.8 cm³/mol. The monoisotopic (exact) mass is 312 g/mol. The van der Waals surface area contributed by atoms with E-state index in [1.165, 1.54) is 17.8 Å². The van der Waals surface area contributed by atoms with Gasteiger partial charge in [-0.1, -0.05) is 33.8 Å². The molecule has 17 heavy (non-hydrogen) atoms. The van der Waals surface area contributed by atoms with Gasteiger partial charge in [0, 0.05) is 27.7 Å². The number of hydrogen-bond donors (Lipinski definition) is 2. The summed E-state index contributed by atoms with van der Waals surface area (Å²) in [5.41, 5.74) is 1.32. The lowest BCUT2D eigenvalue weighted by molar-refractivity contribution is -0.106. The summed E-state index contributed by atoms with van der Waals surface area (Å²) in [4.78, 5) is 22.5. The number of benzene rings is 1. The summed E-state index contributed by atoms with van der Waals surface area (Å²) in [6.07, 6.45) is 1.44. The Kier molecular flexibility index (Phi) is 3.86. The molecule has 0 unspecified atom stereocenters. The normalized spacial score (nSPS) is 14.4. The highest BCUT2D eigenvalue weighted by atomic mass is 79.9. The van der Waals surface area contributed by atoms with Gasteiger partial charge < -0.3 is 10.6 Å². The fourth-order valence-electron chi connectivity index (χ4n) is 1.32. The van der Waals surface area contributed by atoms with Crippen molar-refractivity contribution in [3.63, 3.8) is 0 Å². The van der Waals surface area contributed by atoms with Crippen LogP contribution in [0.2, 0.25) is 0 Å². The highest BCUT2D eigenvalue weighted by Crippen LogP contribution is 2.18. The number of nitrogens with one attached hydrogen (secondary N) is 2. The van der Waals surface area contributed by atoms with Crippen LogP contribution in [-0.2, 0) is 4.79 Å². The van der Waals surface area contributed by atoms with Gasteiger partial charge in [0.1, 0.15) is 0 Å². The Labute approximate surface area is 111 Å². The number of amides is 2. The molecular formula is C11H9BrN2O2S. The third-order valence-corrected chi connectivity index (χ3v) is 3.37. The van der Waals surface area contributed by atoms with Crippen LogP contribution in [0.3, 0.4) is 0 Å². The van der Waals surface area contributed by atoms with Crippen molar-refractivity contribution in [2.75, 3.05) is 11.1 Å². The van der Waals surface area contributed by atoms with Crippen molar-refractivity contribution in [3.05, 3.63) is 40.5 Å². The van der Waals surface area contributed by atoms with E-state index in [-0.39, 0.29) is 11.1 Å². The Morgan fingerprint density at radius 2 is 2.18 bits per heavy atom. The van der Waals surface area contributed by atoms with E-state index in [1.807, 2.05) is 12.1 Å². The summed E-state index contributed by atoms with van der Waals surface area (Å²) >= 11 is 4.49. The first-order chi connectivity index (χ1) is 8.13. The second-order valence-corrected chi connectivity index (χ2v) is 5.26.